The number of ether oxygens (including phenoxy) is 1. The van der Waals surface area contributed by atoms with Gasteiger partial charge in [0.15, 0.2) is 0 Å². The number of methoxy groups -OCH3 is 1. The zero-order valence-electron chi connectivity index (χ0n) is 13.6. The van der Waals surface area contributed by atoms with Crippen molar-refractivity contribution in [3.05, 3.63) is 41.2 Å². The van der Waals surface area contributed by atoms with E-state index in [1.54, 1.807) is 20.1 Å². The molecule has 0 radical (unpaired) electrons. The van der Waals surface area contributed by atoms with Gasteiger partial charge in [0.05, 0.1) is 12.9 Å². The first-order valence-corrected chi connectivity index (χ1v) is 7.17. The van der Waals surface area contributed by atoms with Crippen LogP contribution in [0.25, 0.3) is 0 Å². The predicted molar refractivity (Wildman–Crippen MR) is 86.1 cm³/mol. The molecule has 1 aromatic rings. The van der Waals surface area contributed by atoms with E-state index < -0.39 is 0 Å². The Kier molecular flexibility index (Phi) is 5.82. The Hall–Kier alpha value is -1.97. The predicted octanol–water partition coefficient (Wildman–Crippen LogP) is 2.86. The van der Waals surface area contributed by atoms with Crippen molar-refractivity contribution in [2.24, 2.45) is 5.73 Å². The molecule has 21 heavy (non-hydrogen) atoms. The van der Waals surface area contributed by atoms with Gasteiger partial charge in [-0.15, -0.1) is 0 Å². The first kappa shape index (κ1) is 17.1. The van der Waals surface area contributed by atoms with E-state index in [2.05, 4.69) is 32.2 Å². The van der Waals surface area contributed by atoms with E-state index in [9.17, 15) is 4.79 Å². The van der Waals surface area contributed by atoms with Crippen LogP contribution in [0.3, 0.4) is 0 Å². The molecule has 0 unspecified atom stereocenters. The molecule has 0 aliphatic carbocycles. The summed E-state index contributed by atoms with van der Waals surface area (Å²) in [5.74, 6) is 1.21. The van der Waals surface area contributed by atoms with Crippen LogP contribution in [0, 0.1) is 0 Å². The fraction of sp³-hybridized carbons (Fsp3) is 0.471. The highest BCUT2D eigenvalue weighted by molar-refractivity contribution is 5.77. The van der Waals surface area contributed by atoms with Crippen molar-refractivity contribution in [3.8, 4) is 5.75 Å². The van der Waals surface area contributed by atoms with Gasteiger partial charge in [-0.2, -0.15) is 0 Å². The number of benzene rings is 1. The number of aryl methyl sites for hydroxylation is 1. The minimum Gasteiger partial charge on any atom is -0.496 e. The third kappa shape index (κ3) is 5.14. The van der Waals surface area contributed by atoms with Crippen molar-refractivity contribution >= 4 is 5.91 Å². The van der Waals surface area contributed by atoms with E-state index in [0.717, 1.165) is 16.9 Å². The van der Waals surface area contributed by atoms with Crippen LogP contribution >= 0.6 is 0 Å². The molecular formula is C17H26N2O2. The number of carbonyl (C=O) groups is 1. The summed E-state index contributed by atoms with van der Waals surface area (Å²) < 4.78 is 5.42. The molecular weight excluding hydrogens is 264 g/mol. The van der Waals surface area contributed by atoms with Gasteiger partial charge in [-0.1, -0.05) is 32.9 Å². The Morgan fingerprint density at radius 3 is 2.57 bits per heavy atom. The Bertz CT molecular complexity index is 528. The molecule has 116 valence electrons. The summed E-state index contributed by atoms with van der Waals surface area (Å²) in [7, 11) is 1.68. The number of carbonyl (C=O) groups excluding carboxylic acids is 1. The standard InChI is InChI=1S/C17H26N2O2/c1-6-15(18)19-16(20)10-8-12-7-9-14(21-5)13(11-12)17(2,3)4/h6-7,9,11H,8,10,18H2,1-5H3,(H,19,20). The zero-order chi connectivity index (χ0) is 16.0. The Labute approximate surface area is 127 Å². The summed E-state index contributed by atoms with van der Waals surface area (Å²) in [6.07, 6.45) is 2.75. The smallest absolute Gasteiger partial charge is 0.225 e. The van der Waals surface area contributed by atoms with Crippen molar-refractivity contribution in [1.29, 1.82) is 0 Å². The normalized spacial score (nSPS) is 12.1. The second-order valence-corrected chi connectivity index (χ2v) is 6.08. The number of allylic oxidation sites excluding steroid dienone is 1. The first-order chi connectivity index (χ1) is 9.77. The molecule has 1 aromatic carbocycles. The maximum absolute atomic E-state index is 11.7. The third-order valence-corrected chi connectivity index (χ3v) is 3.31. The topological polar surface area (TPSA) is 64.3 Å². The third-order valence-electron chi connectivity index (χ3n) is 3.31. The van der Waals surface area contributed by atoms with Gasteiger partial charge in [0.25, 0.3) is 0 Å². The lowest BCUT2D eigenvalue weighted by Crippen LogP contribution is -2.27. The largest absolute Gasteiger partial charge is 0.496 e. The lowest BCUT2D eigenvalue weighted by atomic mass is 9.85. The summed E-state index contributed by atoms with van der Waals surface area (Å²) in [4.78, 5) is 11.7. The average molecular weight is 290 g/mol. The number of rotatable bonds is 5. The highest BCUT2D eigenvalue weighted by atomic mass is 16.5. The van der Waals surface area contributed by atoms with Crippen molar-refractivity contribution < 1.29 is 9.53 Å². The summed E-state index contributed by atoms with van der Waals surface area (Å²) in [5.41, 5.74) is 7.84. The van der Waals surface area contributed by atoms with E-state index >= 15 is 0 Å². The monoisotopic (exact) mass is 290 g/mol. The van der Waals surface area contributed by atoms with Crippen molar-refractivity contribution in [2.75, 3.05) is 7.11 Å². The molecule has 3 N–H and O–H groups in total. The molecule has 0 aliphatic heterocycles. The van der Waals surface area contributed by atoms with Crippen LogP contribution in [0.15, 0.2) is 30.1 Å². The molecule has 0 fully saturated rings. The van der Waals surface area contributed by atoms with Crippen molar-refractivity contribution in [3.63, 3.8) is 0 Å². The first-order valence-electron chi connectivity index (χ1n) is 7.17. The van der Waals surface area contributed by atoms with Crippen molar-refractivity contribution in [1.82, 2.24) is 5.32 Å². The molecule has 4 heteroatoms. The number of hydrogen-bond acceptors (Lipinski definition) is 3. The van der Waals surface area contributed by atoms with E-state index in [1.807, 2.05) is 12.1 Å². The molecule has 0 bridgehead atoms. The maximum Gasteiger partial charge on any atom is 0.225 e. The summed E-state index contributed by atoms with van der Waals surface area (Å²) >= 11 is 0. The Balaban J connectivity index is 2.79. The molecule has 0 spiro atoms. The Morgan fingerprint density at radius 1 is 1.38 bits per heavy atom. The van der Waals surface area contributed by atoms with E-state index in [1.165, 1.54) is 0 Å². The zero-order valence-corrected chi connectivity index (χ0v) is 13.6. The van der Waals surface area contributed by atoms with Crippen LogP contribution in [0.5, 0.6) is 5.75 Å². The quantitative estimate of drug-likeness (QED) is 0.876. The fourth-order valence-corrected chi connectivity index (χ4v) is 2.05. The molecule has 0 aromatic heterocycles. The summed E-state index contributed by atoms with van der Waals surface area (Å²) in [5, 5.41) is 2.64. The van der Waals surface area contributed by atoms with Gasteiger partial charge >= 0.3 is 0 Å². The molecule has 0 saturated carbocycles. The van der Waals surface area contributed by atoms with Crippen LogP contribution in [-0.4, -0.2) is 13.0 Å². The number of nitrogens with two attached hydrogens (primary N) is 1. The van der Waals surface area contributed by atoms with E-state index in [-0.39, 0.29) is 11.3 Å². The molecule has 1 amide bonds. The minimum absolute atomic E-state index is 0.00100. The van der Waals surface area contributed by atoms with Gasteiger partial charge in [0.1, 0.15) is 5.75 Å². The molecule has 4 nitrogen and oxygen atoms in total. The maximum atomic E-state index is 11.7. The molecule has 0 aliphatic rings. The molecule has 0 atom stereocenters. The second-order valence-electron chi connectivity index (χ2n) is 6.08. The number of hydrogen-bond donors (Lipinski definition) is 2. The van der Waals surface area contributed by atoms with Gasteiger partial charge in [-0.25, -0.2) is 0 Å². The van der Waals surface area contributed by atoms with Crippen LogP contribution in [0.4, 0.5) is 0 Å². The van der Waals surface area contributed by atoms with Gasteiger partial charge in [0.2, 0.25) is 5.91 Å². The van der Waals surface area contributed by atoms with Gasteiger partial charge in [-0.05, 0) is 42.0 Å². The van der Waals surface area contributed by atoms with Crippen LogP contribution in [0.1, 0.15) is 45.2 Å². The summed E-state index contributed by atoms with van der Waals surface area (Å²) in [6, 6.07) is 6.08. The highest BCUT2D eigenvalue weighted by Crippen LogP contribution is 2.32. The second kappa shape index (κ2) is 7.16. The average Bonchev–Trinajstić information content (AvgIpc) is 2.43. The van der Waals surface area contributed by atoms with Crippen LogP contribution in [-0.2, 0) is 16.6 Å². The highest BCUT2D eigenvalue weighted by Gasteiger charge is 2.19. The lowest BCUT2D eigenvalue weighted by Gasteiger charge is -2.23. The minimum atomic E-state index is -0.0706. The SMILES string of the molecule is CC=C(N)NC(=O)CCc1ccc(OC)c(C(C)(C)C)c1. The van der Waals surface area contributed by atoms with Gasteiger partial charge in [-0.3, -0.25) is 4.79 Å². The Morgan fingerprint density at radius 2 is 2.05 bits per heavy atom. The number of amides is 1. The number of nitrogens with one attached hydrogen (secondary N) is 1. The molecule has 1 rings (SSSR count). The lowest BCUT2D eigenvalue weighted by molar-refractivity contribution is -0.120. The van der Waals surface area contributed by atoms with E-state index in [4.69, 9.17) is 10.5 Å². The van der Waals surface area contributed by atoms with E-state index in [0.29, 0.717) is 18.7 Å². The van der Waals surface area contributed by atoms with Gasteiger partial charge < -0.3 is 15.8 Å². The molecule has 0 heterocycles. The fourth-order valence-electron chi connectivity index (χ4n) is 2.05. The van der Waals surface area contributed by atoms with Gasteiger partial charge in [0, 0.05) is 6.42 Å². The van der Waals surface area contributed by atoms with Crippen LogP contribution < -0.4 is 15.8 Å². The van der Waals surface area contributed by atoms with Crippen molar-refractivity contribution in [2.45, 2.75) is 46.0 Å². The van der Waals surface area contributed by atoms with Crippen LogP contribution in [0.2, 0.25) is 0 Å². The molecule has 0 saturated heterocycles. The summed E-state index contributed by atoms with van der Waals surface area (Å²) in [6.45, 7) is 8.23.